The molecule has 6 nitrogen and oxygen atoms in total. The SMILES string of the molecule is CC(Cl)(Cl)C(=O)c1c(C(F)(F)F)cc([N+](=O)[O-])c(N)c1N. The number of carbonyl (C=O) groups is 1. The molecule has 0 aromatic heterocycles. The molecular weight excluding hydrogens is 338 g/mol. The molecule has 0 atom stereocenters. The molecule has 0 heterocycles. The van der Waals surface area contributed by atoms with Crippen LogP contribution >= 0.6 is 23.2 Å². The van der Waals surface area contributed by atoms with E-state index in [9.17, 15) is 28.1 Å². The molecule has 21 heavy (non-hydrogen) atoms. The quantitative estimate of drug-likeness (QED) is 0.287. The molecule has 0 radical (unpaired) electrons. The summed E-state index contributed by atoms with van der Waals surface area (Å²) in [5.74, 6) is -1.36. The maximum absolute atomic E-state index is 13.0. The van der Waals surface area contributed by atoms with E-state index in [2.05, 4.69) is 0 Å². The van der Waals surface area contributed by atoms with Crippen molar-refractivity contribution >= 4 is 46.0 Å². The number of benzene rings is 1. The summed E-state index contributed by atoms with van der Waals surface area (Å²) in [5.41, 5.74) is 5.20. The molecule has 0 saturated heterocycles. The Morgan fingerprint density at radius 3 is 2.10 bits per heavy atom. The van der Waals surface area contributed by atoms with E-state index in [1.807, 2.05) is 0 Å². The van der Waals surface area contributed by atoms with Crippen molar-refractivity contribution in [3.05, 3.63) is 27.3 Å². The number of hydrogen-bond donors (Lipinski definition) is 2. The van der Waals surface area contributed by atoms with Gasteiger partial charge in [-0.3, -0.25) is 14.9 Å². The lowest BCUT2D eigenvalue weighted by Gasteiger charge is -2.19. The van der Waals surface area contributed by atoms with Crippen LogP contribution in [0.5, 0.6) is 0 Å². The molecule has 0 spiro atoms. The Labute approximate surface area is 125 Å². The van der Waals surface area contributed by atoms with E-state index in [4.69, 9.17) is 34.7 Å². The van der Waals surface area contributed by atoms with E-state index in [-0.39, 0.29) is 6.07 Å². The molecule has 0 bridgehead atoms. The molecule has 0 unspecified atom stereocenters. The van der Waals surface area contributed by atoms with E-state index >= 15 is 0 Å². The van der Waals surface area contributed by atoms with Crippen LogP contribution in [0.15, 0.2) is 6.07 Å². The summed E-state index contributed by atoms with van der Waals surface area (Å²) in [6.45, 7) is 0.940. The second-order valence-corrected chi connectivity index (χ2v) is 5.82. The molecule has 0 fully saturated rings. The van der Waals surface area contributed by atoms with Crippen LogP contribution in [0.3, 0.4) is 0 Å². The fourth-order valence-electron chi connectivity index (χ4n) is 1.54. The average Bonchev–Trinajstić information content (AvgIpc) is 2.28. The molecular formula is C10H8Cl2F3N3O3. The number of ketones is 1. The van der Waals surface area contributed by atoms with Crippen molar-refractivity contribution in [2.24, 2.45) is 0 Å². The van der Waals surface area contributed by atoms with Gasteiger partial charge in [0.25, 0.3) is 5.69 Å². The molecule has 1 aromatic carbocycles. The molecule has 0 saturated carbocycles. The van der Waals surface area contributed by atoms with Crippen molar-refractivity contribution in [3.8, 4) is 0 Å². The number of anilines is 2. The molecule has 1 rings (SSSR count). The summed E-state index contributed by atoms with van der Waals surface area (Å²) >= 11 is 11.0. The number of nitrogen functional groups attached to an aromatic ring is 2. The number of Topliss-reactive ketones (excluding diaryl/α,β-unsaturated/α-hetero) is 1. The first-order valence-corrected chi connectivity index (χ1v) is 5.90. The van der Waals surface area contributed by atoms with Crippen molar-refractivity contribution < 1.29 is 22.9 Å². The van der Waals surface area contributed by atoms with Crippen LogP contribution in [-0.2, 0) is 6.18 Å². The zero-order chi connectivity index (χ0) is 16.7. The summed E-state index contributed by atoms with van der Waals surface area (Å²) in [4.78, 5) is 21.5. The normalized spacial score (nSPS) is 12.3. The van der Waals surface area contributed by atoms with Crippen LogP contribution in [0.1, 0.15) is 22.8 Å². The van der Waals surface area contributed by atoms with Crippen molar-refractivity contribution in [2.45, 2.75) is 17.4 Å². The number of nitro benzene ring substituents is 1. The maximum atomic E-state index is 13.0. The minimum atomic E-state index is -5.09. The predicted octanol–water partition coefficient (Wildman–Crippen LogP) is 3.15. The van der Waals surface area contributed by atoms with Gasteiger partial charge in [-0.15, -0.1) is 0 Å². The topological polar surface area (TPSA) is 112 Å². The fraction of sp³-hybridized carbons (Fsp3) is 0.300. The van der Waals surface area contributed by atoms with Gasteiger partial charge >= 0.3 is 6.18 Å². The van der Waals surface area contributed by atoms with Crippen LogP contribution in [0.25, 0.3) is 0 Å². The first-order chi connectivity index (χ1) is 9.28. The van der Waals surface area contributed by atoms with Gasteiger partial charge in [0.1, 0.15) is 5.69 Å². The summed E-state index contributed by atoms with van der Waals surface area (Å²) in [6, 6.07) is 0.123. The van der Waals surface area contributed by atoms with Gasteiger partial charge < -0.3 is 11.5 Å². The van der Waals surface area contributed by atoms with E-state index in [0.29, 0.717) is 0 Å². The van der Waals surface area contributed by atoms with E-state index in [0.717, 1.165) is 6.92 Å². The number of halogens is 5. The Morgan fingerprint density at radius 1 is 1.29 bits per heavy atom. The van der Waals surface area contributed by atoms with Gasteiger partial charge in [0.15, 0.2) is 4.33 Å². The Hall–Kier alpha value is -1.74. The van der Waals surface area contributed by atoms with Gasteiger partial charge in [0, 0.05) is 6.07 Å². The number of alkyl halides is 5. The number of hydrogen-bond acceptors (Lipinski definition) is 5. The van der Waals surface area contributed by atoms with Crippen molar-refractivity contribution in [1.29, 1.82) is 0 Å². The minimum Gasteiger partial charge on any atom is -0.396 e. The van der Waals surface area contributed by atoms with Crippen molar-refractivity contribution in [2.75, 3.05) is 11.5 Å². The third-order valence-electron chi connectivity index (χ3n) is 2.51. The smallest absolute Gasteiger partial charge is 0.396 e. The first-order valence-electron chi connectivity index (χ1n) is 5.14. The van der Waals surface area contributed by atoms with Gasteiger partial charge in [0.2, 0.25) is 5.78 Å². The van der Waals surface area contributed by atoms with Gasteiger partial charge in [-0.05, 0) is 6.92 Å². The standard InChI is InChI=1S/C10H8Cl2F3N3O3/c1-9(11,12)8(19)5-3(10(13,14)15)2-4(18(20)21)6(16)7(5)17/h2H,16-17H2,1H3. The molecule has 0 amide bonds. The molecule has 0 aliphatic heterocycles. The molecule has 1 aromatic rings. The van der Waals surface area contributed by atoms with Gasteiger partial charge in [-0.1, -0.05) is 23.2 Å². The summed E-state index contributed by atoms with van der Waals surface area (Å²) in [7, 11) is 0. The van der Waals surface area contributed by atoms with Gasteiger partial charge in [-0.2, -0.15) is 13.2 Å². The molecule has 4 N–H and O–H groups in total. The van der Waals surface area contributed by atoms with Crippen LogP contribution in [0.4, 0.5) is 30.2 Å². The van der Waals surface area contributed by atoms with E-state index in [1.54, 1.807) is 0 Å². The zero-order valence-electron chi connectivity index (χ0n) is 10.3. The zero-order valence-corrected chi connectivity index (χ0v) is 11.8. The summed E-state index contributed by atoms with van der Waals surface area (Å²) < 4.78 is 36.8. The fourth-order valence-corrected chi connectivity index (χ4v) is 1.73. The highest BCUT2D eigenvalue weighted by Gasteiger charge is 2.43. The molecule has 11 heteroatoms. The lowest BCUT2D eigenvalue weighted by Crippen LogP contribution is -2.27. The van der Waals surface area contributed by atoms with Crippen molar-refractivity contribution in [1.82, 2.24) is 0 Å². The highest BCUT2D eigenvalue weighted by Crippen LogP contribution is 2.43. The van der Waals surface area contributed by atoms with E-state index < -0.39 is 49.4 Å². The van der Waals surface area contributed by atoms with Gasteiger partial charge in [-0.25, -0.2) is 0 Å². The number of carbonyl (C=O) groups excluding carboxylic acids is 1. The lowest BCUT2D eigenvalue weighted by molar-refractivity contribution is -0.384. The first kappa shape index (κ1) is 17.3. The highest BCUT2D eigenvalue weighted by atomic mass is 35.5. The van der Waals surface area contributed by atoms with Crippen molar-refractivity contribution in [3.63, 3.8) is 0 Å². The second-order valence-electron chi connectivity index (χ2n) is 4.12. The van der Waals surface area contributed by atoms with Crippen LogP contribution < -0.4 is 11.5 Å². The van der Waals surface area contributed by atoms with Crippen LogP contribution in [-0.4, -0.2) is 15.0 Å². The Bertz CT molecular complexity index is 627. The summed E-state index contributed by atoms with van der Waals surface area (Å²) in [5, 5.41) is 10.7. The monoisotopic (exact) mass is 345 g/mol. The molecule has 0 aliphatic rings. The Balaban J connectivity index is 3.83. The minimum absolute atomic E-state index is 0.123. The third-order valence-corrected chi connectivity index (χ3v) is 2.86. The Morgan fingerprint density at radius 2 is 1.76 bits per heavy atom. The molecule has 116 valence electrons. The number of nitrogens with zero attached hydrogens (tertiary/aromatic N) is 1. The predicted molar refractivity (Wildman–Crippen MR) is 71.4 cm³/mol. The molecule has 0 aliphatic carbocycles. The van der Waals surface area contributed by atoms with E-state index in [1.165, 1.54) is 0 Å². The number of rotatable bonds is 3. The highest BCUT2D eigenvalue weighted by molar-refractivity contribution is 6.60. The average molecular weight is 346 g/mol. The third kappa shape index (κ3) is 3.30. The number of nitrogens with two attached hydrogens (primary N) is 2. The van der Waals surface area contributed by atoms with Crippen LogP contribution in [0, 0.1) is 10.1 Å². The largest absolute Gasteiger partial charge is 0.417 e. The number of nitro groups is 1. The summed E-state index contributed by atoms with van der Waals surface area (Å²) in [6.07, 6.45) is -5.09. The second kappa shape index (κ2) is 5.23. The Kier molecular flexibility index (Phi) is 4.31. The maximum Gasteiger partial charge on any atom is 0.417 e. The van der Waals surface area contributed by atoms with Gasteiger partial charge in [0.05, 0.1) is 21.7 Å². The lowest BCUT2D eigenvalue weighted by atomic mass is 9.96. The van der Waals surface area contributed by atoms with Crippen LogP contribution in [0.2, 0.25) is 0 Å².